The van der Waals surface area contributed by atoms with Gasteiger partial charge in [0.25, 0.3) is 0 Å². The molecule has 30 heavy (non-hydrogen) atoms. The normalized spacial score (nSPS) is 25.0. The van der Waals surface area contributed by atoms with Gasteiger partial charge in [0.15, 0.2) is 0 Å². The lowest BCUT2D eigenvalue weighted by Crippen LogP contribution is -2.47. The maximum Gasteiger partial charge on any atom is 0.490 e. The van der Waals surface area contributed by atoms with Crippen LogP contribution in [-0.4, -0.2) is 63.1 Å². The highest BCUT2D eigenvalue weighted by Gasteiger charge is 2.47. The molecule has 1 aliphatic carbocycles. The van der Waals surface area contributed by atoms with Crippen molar-refractivity contribution in [2.75, 3.05) is 19.6 Å². The Morgan fingerprint density at radius 2 is 1.93 bits per heavy atom. The van der Waals surface area contributed by atoms with Crippen LogP contribution < -0.4 is 0 Å². The smallest absolute Gasteiger partial charge is 0.475 e. The van der Waals surface area contributed by atoms with Gasteiger partial charge in [-0.05, 0) is 63.1 Å². The van der Waals surface area contributed by atoms with Crippen molar-refractivity contribution in [3.8, 4) is 0 Å². The van der Waals surface area contributed by atoms with Crippen molar-refractivity contribution in [3.63, 3.8) is 0 Å². The quantitative estimate of drug-likeness (QED) is 0.797. The number of carbonyl (C=O) groups is 2. The molecule has 0 radical (unpaired) electrons. The largest absolute Gasteiger partial charge is 0.490 e. The lowest BCUT2D eigenvalue weighted by Gasteiger charge is -2.38. The lowest BCUT2D eigenvalue weighted by atomic mass is 9.87. The zero-order chi connectivity index (χ0) is 21.8. The fourth-order valence-corrected chi connectivity index (χ4v) is 4.36. The summed E-state index contributed by atoms with van der Waals surface area (Å²) in [4.78, 5) is 30.6. The highest BCUT2D eigenvalue weighted by atomic mass is 19.4. The van der Waals surface area contributed by atoms with Crippen molar-refractivity contribution in [2.45, 2.75) is 63.2 Å². The van der Waals surface area contributed by atoms with E-state index in [0.29, 0.717) is 5.91 Å². The number of pyridine rings is 1. The van der Waals surface area contributed by atoms with Gasteiger partial charge in [0.1, 0.15) is 0 Å². The van der Waals surface area contributed by atoms with Gasteiger partial charge in [-0.2, -0.15) is 13.2 Å². The molecule has 1 amide bonds. The van der Waals surface area contributed by atoms with E-state index in [2.05, 4.69) is 26.9 Å². The molecule has 1 aromatic rings. The van der Waals surface area contributed by atoms with E-state index < -0.39 is 12.1 Å². The highest BCUT2D eigenvalue weighted by molar-refractivity contribution is 5.79. The van der Waals surface area contributed by atoms with E-state index >= 15 is 0 Å². The first-order chi connectivity index (χ1) is 14.2. The van der Waals surface area contributed by atoms with E-state index in [-0.39, 0.29) is 5.54 Å². The van der Waals surface area contributed by atoms with Crippen LogP contribution in [-0.2, 0) is 16.1 Å². The van der Waals surface area contributed by atoms with Gasteiger partial charge in [-0.3, -0.25) is 14.7 Å². The molecule has 3 heterocycles. The van der Waals surface area contributed by atoms with E-state index in [1.165, 1.54) is 25.7 Å². The van der Waals surface area contributed by atoms with Gasteiger partial charge >= 0.3 is 12.1 Å². The van der Waals surface area contributed by atoms with E-state index in [0.717, 1.165) is 57.1 Å². The average molecular weight is 427 g/mol. The molecule has 1 saturated carbocycles. The van der Waals surface area contributed by atoms with Crippen molar-refractivity contribution in [2.24, 2.45) is 5.92 Å². The Kier molecular flexibility index (Phi) is 7.00. The van der Waals surface area contributed by atoms with Gasteiger partial charge in [-0.1, -0.05) is 6.07 Å². The number of carboxylic acids is 1. The number of rotatable bonds is 4. The Hall–Kier alpha value is -2.16. The first kappa shape index (κ1) is 22.5. The maximum absolute atomic E-state index is 12.4. The Morgan fingerprint density at radius 3 is 2.53 bits per heavy atom. The summed E-state index contributed by atoms with van der Waals surface area (Å²) in [5.41, 5.74) is 1.32. The van der Waals surface area contributed by atoms with Crippen molar-refractivity contribution in [1.29, 1.82) is 0 Å². The molecular weight excluding hydrogens is 399 g/mol. The lowest BCUT2D eigenvalue weighted by molar-refractivity contribution is -0.192. The first-order valence-corrected chi connectivity index (χ1v) is 10.4. The van der Waals surface area contributed by atoms with Crippen molar-refractivity contribution in [1.82, 2.24) is 14.8 Å². The van der Waals surface area contributed by atoms with Gasteiger partial charge in [-0.25, -0.2) is 4.79 Å². The van der Waals surface area contributed by atoms with Crippen LogP contribution in [0.1, 0.15) is 50.6 Å². The van der Waals surface area contributed by atoms with Crippen molar-refractivity contribution >= 4 is 11.9 Å². The fraction of sp³-hybridized carbons (Fsp3) is 0.667. The third-order valence-electron chi connectivity index (χ3n) is 6.18. The number of aromatic nitrogens is 1. The van der Waals surface area contributed by atoms with Crippen LogP contribution in [0.2, 0.25) is 0 Å². The molecule has 0 aromatic carbocycles. The summed E-state index contributed by atoms with van der Waals surface area (Å²) in [6.07, 6.45) is 4.81. The summed E-state index contributed by atoms with van der Waals surface area (Å²) in [6, 6.07) is 6.15. The minimum absolute atomic E-state index is 0.165. The molecule has 3 fully saturated rings. The summed E-state index contributed by atoms with van der Waals surface area (Å²) < 4.78 is 31.7. The summed E-state index contributed by atoms with van der Waals surface area (Å²) in [5.74, 6) is -1.55. The standard InChI is InChI=1S/C19H27N3O.C2HF3O2/c23-18-7-9-19(22(18)14-16-5-6-16)8-3-12-21(13-10-19)15-17-4-1-2-11-20-17;3-2(4,5)1(6)7/h1-2,4,11,16H,3,5-10,12-15H2;(H,6,7). The van der Waals surface area contributed by atoms with E-state index in [1.54, 1.807) is 0 Å². The molecule has 1 aromatic heterocycles. The second kappa shape index (κ2) is 9.32. The molecule has 1 N–H and O–H groups in total. The van der Waals surface area contributed by atoms with Crippen LogP contribution in [0.5, 0.6) is 0 Å². The third kappa shape index (κ3) is 5.93. The van der Waals surface area contributed by atoms with Crippen molar-refractivity contribution in [3.05, 3.63) is 30.1 Å². The number of halogens is 3. The number of carbonyl (C=O) groups excluding carboxylic acids is 1. The molecule has 4 rings (SSSR count). The molecule has 166 valence electrons. The molecular formula is C21H28F3N3O3. The third-order valence-corrected chi connectivity index (χ3v) is 6.18. The molecule has 6 nitrogen and oxygen atoms in total. The summed E-state index contributed by atoms with van der Waals surface area (Å²) in [6.45, 7) is 4.18. The van der Waals surface area contributed by atoms with Gasteiger partial charge in [0.05, 0.1) is 5.69 Å². The van der Waals surface area contributed by atoms with Crippen LogP contribution in [0, 0.1) is 5.92 Å². The van der Waals surface area contributed by atoms with E-state index in [9.17, 15) is 18.0 Å². The van der Waals surface area contributed by atoms with E-state index in [4.69, 9.17) is 9.90 Å². The monoisotopic (exact) mass is 427 g/mol. The molecule has 2 aliphatic heterocycles. The summed E-state index contributed by atoms with van der Waals surface area (Å²) in [5, 5.41) is 7.12. The Morgan fingerprint density at radius 1 is 1.20 bits per heavy atom. The number of carboxylic acid groups (broad SMARTS) is 1. The minimum Gasteiger partial charge on any atom is -0.475 e. The number of hydrogen-bond acceptors (Lipinski definition) is 4. The first-order valence-electron chi connectivity index (χ1n) is 10.4. The van der Waals surface area contributed by atoms with Gasteiger partial charge < -0.3 is 10.0 Å². The maximum atomic E-state index is 12.4. The molecule has 2 saturated heterocycles. The van der Waals surface area contributed by atoms with Crippen LogP contribution in [0.4, 0.5) is 13.2 Å². The molecule has 1 atom stereocenters. The van der Waals surface area contributed by atoms with Crippen molar-refractivity contribution < 1.29 is 27.9 Å². The predicted molar refractivity (Wildman–Crippen MR) is 103 cm³/mol. The topological polar surface area (TPSA) is 73.7 Å². The number of nitrogens with zero attached hydrogens (tertiary/aromatic N) is 3. The Bertz CT molecular complexity index is 740. The second-order valence-electron chi connectivity index (χ2n) is 8.43. The minimum atomic E-state index is -5.08. The Labute approximate surface area is 174 Å². The van der Waals surface area contributed by atoms with Crippen LogP contribution in [0.25, 0.3) is 0 Å². The molecule has 1 unspecified atom stereocenters. The zero-order valence-electron chi connectivity index (χ0n) is 16.9. The van der Waals surface area contributed by atoms with Crippen LogP contribution in [0.3, 0.4) is 0 Å². The number of likely N-dealkylation sites (tertiary alicyclic amines) is 2. The Balaban J connectivity index is 0.000000318. The summed E-state index contributed by atoms with van der Waals surface area (Å²) in [7, 11) is 0. The number of alkyl halides is 3. The average Bonchev–Trinajstić information content (AvgIpc) is 3.48. The SMILES string of the molecule is O=C(O)C(F)(F)F.O=C1CCC2(CCCN(Cc3ccccn3)CC2)N1CC1CC1. The van der Waals surface area contributed by atoms with E-state index in [1.807, 2.05) is 12.3 Å². The van der Waals surface area contributed by atoms with Gasteiger partial charge in [-0.15, -0.1) is 0 Å². The fourth-order valence-electron chi connectivity index (χ4n) is 4.36. The van der Waals surface area contributed by atoms with Gasteiger partial charge in [0.2, 0.25) is 5.91 Å². The highest BCUT2D eigenvalue weighted by Crippen LogP contribution is 2.42. The van der Waals surface area contributed by atoms with Crippen LogP contribution in [0.15, 0.2) is 24.4 Å². The predicted octanol–water partition coefficient (Wildman–Crippen LogP) is 3.47. The van der Waals surface area contributed by atoms with Gasteiger partial charge in [0, 0.05) is 37.8 Å². The second-order valence-corrected chi connectivity index (χ2v) is 8.43. The summed E-state index contributed by atoms with van der Waals surface area (Å²) >= 11 is 0. The number of amides is 1. The zero-order valence-corrected chi connectivity index (χ0v) is 16.9. The number of aliphatic carboxylic acids is 1. The molecule has 9 heteroatoms. The molecule has 3 aliphatic rings. The number of hydrogen-bond donors (Lipinski definition) is 1. The van der Waals surface area contributed by atoms with Crippen LogP contribution >= 0.6 is 0 Å². The molecule has 1 spiro atoms. The molecule has 0 bridgehead atoms.